The molecular formula is C16H10ClN3O2. The highest BCUT2D eigenvalue weighted by Crippen LogP contribution is 2.26. The van der Waals surface area contributed by atoms with E-state index in [4.69, 9.17) is 11.6 Å². The molecule has 1 N–H and O–H groups in total. The molecule has 108 valence electrons. The molecule has 3 aromatic heterocycles. The number of aromatic carboxylic acids is 1. The molecule has 0 aliphatic carbocycles. The second-order valence-electron chi connectivity index (χ2n) is 4.53. The lowest BCUT2D eigenvalue weighted by molar-refractivity contribution is 0.0697. The molecule has 0 unspecified atom stereocenters. The highest BCUT2D eigenvalue weighted by molar-refractivity contribution is 6.30. The molecular weight excluding hydrogens is 302 g/mol. The molecule has 3 aromatic rings. The van der Waals surface area contributed by atoms with Gasteiger partial charge in [-0.25, -0.2) is 4.79 Å². The summed E-state index contributed by atoms with van der Waals surface area (Å²) in [6.45, 7) is 0. The fraction of sp³-hybridized carbons (Fsp3) is 0. The van der Waals surface area contributed by atoms with E-state index < -0.39 is 5.97 Å². The van der Waals surface area contributed by atoms with Gasteiger partial charge in [-0.3, -0.25) is 15.0 Å². The molecule has 0 atom stereocenters. The number of nitrogens with zero attached hydrogens (tertiary/aromatic N) is 3. The molecule has 0 saturated heterocycles. The van der Waals surface area contributed by atoms with Crippen LogP contribution in [-0.2, 0) is 0 Å². The van der Waals surface area contributed by atoms with Gasteiger partial charge in [0.1, 0.15) is 5.69 Å². The zero-order chi connectivity index (χ0) is 15.5. The van der Waals surface area contributed by atoms with Gasteiger partial charge in [0.25, 0.3) is 0 Å². The first-order valence-corrected chi connectivity index (χ1v) is 6.78. The van der Waals surface area contributed by atoms with Crippen molar-refractivity contribution < 1.29 is 9.90 Å². The van der Waals surface area contributed by atoms with Gasteiger partial charge >= 0.3 is 5.97 Å². The maximum Gasteiger partial charge on any atom is 0.338 e. The van der Waals surface area contributed by atoms with E-state index in [0.29, 0.717) is 27.5 Å². The highest BCUT2D eigenvalue weighted by Gasteiger charge is 2.16. The molecule has 3 rings (SSSR count). The van der Waals surface area contributed by atoms with E-state index >= 15 is 0 Å². The van der Waals surface area contributed by atoms with Crippen LogP contribution in [0.25, 0.3) is 22.5 Å². The summed E-state index contributed by atoms with van der Waals surface area (Å²) in [5, 5.41) is 9.92. The maximum atomic E-state index is 11.5. The number of hydrogen-bond acceptors (Lipinski definition) is 4. The van der Waals surface area contributed by atoms with Crippen LogP contribution < -0.4 is 0 Å². The monoisotopic (exact) mass is 311 g/mol. The zero-order valence-corrected chi connectivity index (χ0v) is 12.0. The van der Waals surface area contributed by atoms with Crippen LogP contribution in [0.3, 0.4) is 0 Å². The lowest BCUT2D eigenvalue weighted by Gasteiger charge is -2.08. The molecule has 22 heavy (non-hydrogen) atoms. The van der Waals surface area contributed by atoms with Crippen molar-refractivity contribution in [2.75, 3.05) is 0 Å². The molecule has 0 radical (unpaired) electrons. The van der Waals surface area contributed by atoms with Gasteiger partial charge in [-0.1, -0.05) is 17.7 Å². The van der Waals surface area contributed by atoms with Crippen molar-refractivity contribution >= 4 is 17.6 Å². The summed E-state index contributed by atoms with van der Waals surface area (Å²) in [7, 11) is 0. The average molecular weight is 312 g/mol. The van der Waals surface area contributed by atoms with E-state index in [2.05, 4.69) is 15.0 Å². The van der Waals surface area contributed by atoms with E-state index in [-0.39, 0.29) is 5.56 Å². The number of halogens is 1. The lowest BCUT2D eigenvalue weighted by atomic mass is 10.0. The number of hydrogen-bond donors (Lipinski definition) is 1. The predicted octanol–water partition coefficient (Wildman–Crippen LogP) is 3.56. The Balaban J connectivity index is 2.14. The molecule has 3 heterocycles. The van der Waals surface area contributed by atoms with Crippen molar-refractivity contribution in [1.29, 1.82) is 0 Å². The molecule has 0 spiro atoms. The molecule has 0 aromatic carbocycles. The number of carboxylic acid groups (broad SMARTS) is 1. The molecule has 0 saturated carbocycles. The Morgan fingerprint density at radius 2 is 1.86 bits per heavy atom. The van der Waals surface area contributed by atoms with Crippen LogP contribution in [0.4, 0.5) is 0 Å². The molecule has 6 heteroatoms. The van der Waals surface area contributed by atoms with Crippen LogP contribution in [0.5, 0.6) is 0 Å². The fourth-order valence-electron chi connectivity index (χ4n) is 2.06. The summed E-state index contributed by atoms with van der Waals surface area (Å²) < 4.78 is 0. The van der Waals surface area contributed by atoms with Crippen molar-refractivity contribution in [2.45, 2.75) is 0 Å². The van der Waals surface area contributed by atoms with Crippen molar-refractivity contribution in [2.24, 2.45) is 0 Å². The van der Waals surface area contributed by atoms with Crippen molar-refractivity contribution in [3.63, 3.8) is 0 Å². The average Bonchev–Trinajstić information content (AvgIpc) is 2.55. The molecule has 0 amide bonds. The van der Waals surface area contributed by atoms with Gasteiger partial charge in [0, 0.05) is 35.9 Å². The number of rotatable bonds is 3. The number of pyridine rings is 3. The molecule has 0 bridgehead atoms. The Labute approximate surface area is 131 Å². The largest absolute Gasteiger partial charge is 0.478 e. The Kier molecular flexibility index (Phi) is 3.80. The van der Waals surface area contributed by atoms with Crippen molar-refractivity contribution in [3.8, 4) is 22.5 Å². The summed E-state index contributed by atoms with van der Waals surface area (Å²) in [6.07, 6.45) is 6.30. The second-order valence-corrected chi connectivity index (χ2v) is 4.97. The molecule has 5 nitrogen and oxygen atoms in total. The summed E-state index contributed by atoms with van der Waals surface area (Å²) >= 11 is 5.92. The minimum Gasteiger partial charge on any atom is -0.478 e. The minimum absolute atomic E-state index is 0.0798. The van der Waals surface area contributed by atoms with E-state index in [1.54, 1.807) is 48.9 Å². The summed E-state index contributed by atoms with van der Waals surface area (Å²) in [4.78, 5) is 23.9. The highest BCUT2D eigenvalue weighted by atomic mass is 35.5. The van der Waals surface area contributed by atoms with Crippen LogP contribution in [0.15, 0.2) is 55.1 Å². The van der Waals surface area contributed by atoms with Crippen LogP contribution in [0.1, 0.15) is 10.4 Å². The molecule has 0 fully saturated rings. The zero-order valence-electron chi connectivity index (χ0n) is 11.3. The van der Waals surface area contributed by atoms with Gasteiger partial charge in [0.05, 0.1) is 16.3 Å². The Morgan fingerprint density at radius 1 is 1.05 bits per heavy atom. The van der Waals surface area contributed by atoms with E-state index in [9.17, 15) is 9.90 Å². The summed E-state index contributed by atoms with van der Waals surface area (Å²) in [6, 6.07) is 8.51. The smallest absolute Gasteiger partial charge is 0.338 e. The lowest BCUT2D eigenvalue weighted by Crippen LogP contribution is -2.03. The van der Waals surface area contributed by atoms with Crippen LogP contribution in [0, 0.1) is 0 Å². The van der Waals surface area contributed by atoms with Gasteiger partial charge < -0.3 is 5.11 Å². The first-order valence-electron chi connectivity index (χ1n) is 6.41. The number of carboxylic acids is 1. The van der Waals surface area contributed by atoms with E-state index in [0.717, 1.165) is 0 Å². The predicted molar refractivity (Wildman–Crippen MR) is 82.7 cm³/mol. The van der Waals surface area contributed by atoms with E-state index in [1.165, 1.54) is 6.20 Å². The number of aromatic nitrogens is 3. The van der Waals surface area contributed by atoms with Crippen molar-refractivity contribution in [1.82, 2.24) is 15.0 Å². The van der Waals surface area contributed by atoms with Gasteiger partial charge in [-0.15, -0.1) is 0 Å². The van der Waals surface area contributed by atoms with Gasteiger partial charge in [-0.2, -0.15) is 0 Å². The summed E-state index contributed by atoms with van der Waals surface area (Å²) in [5.74, 6) is -1.06. The second kappa shape index (κ2) is 5.91. The normalized spacial score (nSPS) is 10.4. The first kappa shape index (κ1) is 14.2. The molecule has 0 aliphatic rings. The van der Waals surface area contributed by atoms with Gasteiger partial charge in [0.2, 0.25) is 0 Å². The fourth-order valence-corrected chi connectivity index (χ4v) is 2.24. The quantitative estimate of drug-likeness (QED) is 0.800. The van der Waals surface area contributed by atoms with E-state index in [1.807, 2.05) is 0 Å². The Bertz CT molecular complexity index is 838. The standard InChI is InChI=1S/C16H10ClN3O2/c17-12-5-10(7-18-9-12)11-6-13(16(21)22)15(20-8-11)14-3-1-2-4-19-14/h1-9H,(H,21,22). The third-order valence-corrected chi connectivity index (χ3v) is 3.27. The van der Waals surface area contributed by atoms with Crippen LogP contribution >= 0.6 is 11.6 Å². The molecule has 0 aliphatic heterocycles. The van der Waals surface area contributed by atoms with Crippen LogP contribution in [0.2, 0.25) is 5.02 Å². The van der Waals surface area contributed by atoms with Crippen LogP contribution in [-0.4, -0.2) is 26.0 Å². The SMILES string of the molecule is O=C(O)c1cc(-c2cncc(Cl)c2)cnc1-c1ccccn1. The Hall–Kier alpha value is -2.79. The first-order chi connectivity index (χ1) is 10.6. The number of carbonyl (C=O) groups is 1. The third-order valence-electron chi connectivity index (χ3n) is 3.06. The van der Waals surface area contributed by atoms with Crippen molar-refractivity contribution in [3.05, 3.63) is 65.7 Å². The van der Waals surface area contributed by atoms with Gasteiger partial charge in [-0.05, 0) is 24.3 Å². The third kappa shape index (κ3) is 2.80. The topological polar surface area (TPSA) is 76.0 Å². The summed E-state index contributed by atoms with van der Waals surface area (Å²) in [5.41, 5.74) is 2.25. The Morgan fingerprint density at radius 3 is 2.55 bits per heavy atom. The maximum absolute atomic E-state index is 11.5. The minimum atomic E-state index is -1.06. The van der Waals surface area contributed by atoms with Gasteiger partial charge in [0.15, 0.2) is 0 Å².